The lowest BCUT2D eigenvalue weighted by atomic mass is 9.94. The van der Waals surface area contributed by atoms with Crippen LogP contribution in [0.4, 0.5) is 0 Å². The number of esters is 1. The maximum Gasteiger partial charge on any atom is 0.338 e. The first-order chi connectivity index (χ1) is 9.10. The van der Waals surface area contributed by atoms with Crippen molar-refractivity contribution >= 4 is 17.6 Å². The first-order valence-electron chi connectivity index (χ1n) is 7.13. The standard InChI is InChI=1S/C17H25ClO2/c1-7-17(6,18)14-10-8-13(9-11-14)15(19)20-16(4,5)12(2)3/h8-12H,7H2,1-6H3. The van der Waals surface area contributed by atoms with Crippen LogP contribution >= 0.6 is 11.6 Å². The highest BCUT2D eigenvalue weighted by molar-refractivity contribution is 6.23. The number of hydrogen-bond acceptors (Lipinski definition) is 2. The zero-order valence-electron chi connectivity index (χ0n) is 13.3. The Hall–Kier alpha value is -1.02. The van der Waals surface area contributed by atoms with Gasteiger partial charge >= 0.3 is 5.97 Å². The molecule has 0 saturated heterocycles. The molecule has 112 valence electrons. The van der Waals surface area contributed by atoms with E-state index in [0.29, 0.717) is 5.56 Å². The van der Waals surface area contributed by atoms with E-state index in [0.717, 1.165) is 12.0 Å². The van der Waals surface area contributed by atoms with Gasteiger partial charge in [0.15, 0.2) is 0 Å². The number of ether oxygens (including phenoxy) is 1. The van der Waals surface area contributed by atoms with E-state index in [9.17, 15) is 4.79 Å². The van der Waals surface area contributed by atoms with Crippen molar-refractivity contribution in [2.45, 2.75) is 58.4 Å². The van der Waals surface area contributed by atoms with Crippen molar-refractivity contribution < 1.29 is 9.53 Å². The fraction of sp³-hybridized carbons (Fsp3) is 0.588. The zero-order valence-corrected chi connectivity index (χ0v) is 14.0. The second kappa shape index (κ2) is 6.17. The Balaban J connectivity index is 2.87. The van der Waals surface area contributed by atoms with Gasteiger partial charge in [0.25, 0.3) is 0 Å². The normalized spacial score (nSPS) is 15.0. The lowest BCUT2D eigenvalue weighted by molar-refractivity contribution is -0.0222. The van der Waals surface area contributed by atoms with Crippen molar-refractivity contribution in [3.63, 3.8) is 0 Å². The summed E-state index contributed by atoms with van der Waals surface area (Å²) in [5.41, 5.74) is 1.10. The molecule has 0 radical (unpaired) electrons. The molecule has 0 saturated carbocycles. The van der Waals surface area contributed by atoms with E-state index in [4.69, 9.17) is 16.3 Å². The Morgan fingerprint density at radius 3 is 2.10 bits per heavy atom. The highest BCUT2D eigenvalue weighted by atomic mass is 35.5. The molecule has 1 rings (SSSR count). The second-order valence-corrected chi connectivity index (χ2v) is 7.11. The Kier molecular flexibility index (Phi) is 5.26. The van der Waals surface area contributed by atoms with Crippen LogP contribution in [-0.2, 0) is 9.61 Å². The van der Waals surface area contributed by atoms with E-state index in [-0.39, 0.29) is 16.8 Å². The van der Waals surface area contributed by atoms with Crippen LogP contribution in [0.25, 0.3) is 0 Å². The average molecular weight is 297 g/mol. The third-order valence-corrected chi connectivity index (χ3v) is 4.62. The van der Waals surface area contributed by atoms with Gasteiger partial charge in [-0.3, -0.25) is 0 Å². The monoisotopic (exact) mass is 296 g/mol. The third-order valence-electron chi connectivity index (χ3n) is 4.13. The number of halogens is 1. The zero-order chi connectivity index (χ0) is 15.6. The second-order valence-electron chi connectivity index (χ2n) is 6.28. The number of alkyl halides is 1. The molecular formula is C17H25ClO2. The molecule has 1 atom stereocenters. The van der Waals surface area contributed by atoms with Gasteiger partial charge < -0.3 is 4.74 Å². The fourth-order valence-electron chi connectivity index (χ4n) is 1.57. The quantitative estimate of drug-likeness (QED) is 0.555. The highest BCUT2D eigenvalue weighted by Gasteiger charge is 2.28. The molecule has 0 aliphatic rings. The molecule has 1 aromatic rings. The largest absolute Gasteiger partial charge is 0.456 e. The van der Waals surface area contributed by atoms with Crippen LogP contribution in [0.5, 0.6) is 0 Å². The molecular weight excluding hydrogens is 272 g/mol. The van der Waals surface area contributed by atoms with E-state index in [1.54, 1.807) is 12.1 Å². The SMILES string of the molecule is CCC(C)(Cl)c1ccc(C(=O)OC(C)(C)C(C)C)cc1. The molecule has 3 heteroatoms. The van der Waals surface area contributed by atoms with Gasteiger partial charge in [-0.2, -0.15) is 0 Å². The molecule has 0 amide bonds. The molecule has 1 unspecified atom stereocenters. The van der Waals surface area contributed by atoms with Crippen LogP contribution in [-0.4, -0.2) is 11.6 Å². The van der Waals surface area contributed by atoms with Crippen molar-refractivity contribution in [1.82, 2.24) is 0 Å². The third kappa shape index (κ3) is 3.99. The summed E-state index contributed by atoms with van der Waals surface area (Å²) < 4.78 is 5.57. The lowest BCUT2D eigenvalue weighted by Gasteiger charge is -2.29. The van der Waals surface area contributed by atoms with Crippen molar-refractivity contribution in [3.8, 4) is 0 Å². The lowest BCUT2D eigenvalue weighted by Crippen LogP contribution is -2.33. The minimum absolute atomic E-state index is 0.261. The van der Waals surface area contributed by atoms with E-state index >= 15 is 0 Å². The van der Waals surface area contributed by atoms with Gasteiger partial charge in [0.05, 0.1) is 10.4 Å². The Bertz CT molecular complexity index is 458. The van der Waals surface area contributed by atoms with Crippen molar-refractivity contribution in [2.24, 2.45) is 5.92 Å². The predicted molar refractivity (Wildman–Crippen MR) is 84.3 cm³/mol. The first-order valence-corrected chi connectivity index (χ1v) is 7.50. The Labute approximate surface area is 127 Å². The van der Waals surface area contributed by atoms with Crippen LogP contribution in [0.1, 0.15) is 63.9 Å². The van der Waals surface area contributed by atoms with Crippen LogP contribution in [0, 0.1) is 5.92 Å². The molecule has 0 N–H and O–H groups in total. The number of benzene rings is 1. The van der Waals surface area contributed by atoms with E-state index in [2.05, 4.69) is 0 Å². The van der Waals surface area contributed by atoms with E-state index < -0.39 is 5.60 Å². The maximum atomic E-state index is 12.1. The summed E-state index contributed by atoms with van der Waals surface area (Å²) in [4.78, 5) is 11.8. The van der Waals surface area contributed by atoms with Gasteiger partial charge in [0.2, 0.25) is 0 Å². The van der Waals surface area contributed by atoms with Crippen molar-refractivity contribution in [2.75, 3.05) is 0 Å². The molecule has 0 bridgehead atoms. The topological polar surface area (TPSA) is 26.3 Å². The first kappa shape index (κ1) is 17.0. The number of carbonyl (C=O) groups excluding carboxylic acids is 1. The summed E-state index contributed by atoms with van der Waals surface area (Å²) in [6.07, 6.45) is 0.832. The molecule has 0 fully saturated rings. The molecule has 0 aromatic heterocycles. The van der Waals surface area contributed by atoms with Gasteiger partial charge in [-0.25, -0.2) is 4.79 Å². The minimum atomic E-state index is -0.472. The van der Waals surface area contributed by atoms with Crippen LogP contribution in [0.15, 0.2) is 24.3 Å². The predicted octanol–water partition coefficient (Wildman–Crippen LogP) is 5.14. The maximum absolute atomic E-state index is 12.1. The summed E-state index contributed by atoms with van der Waals surface area (Å²) in [5.74, 6) is -0.0278. The fourth-order valence-corrected chi connectivity index (χ4v) is 1.70. The molecule has 2 nitrogen and oxygen atoms in total. The van der Waals surface area contributed by atoms with Gasteiger partial charge in [-0.15, -0.1) is 11.6 Å². The molecule has 0 aliphatic carbocycles. The number of hydrogen-bond donors (Lipinski definition) is 0. The smallest absolute Gasteiger partial charge is 0.338 e. The number of carbonyl (C=O) groups is 1. The minimum Gasteiger partial charge on any atom is -0.456 e. The molecule has 0 heterocycles. The summed E-state index contributed by atoms with van der Waals surface area (Å²) in [7, 11) is 0. The summed E-state index contributed by atoms with van der Waals surface area (Å²) in [6, 6.07) is 7.36. The van der Waals surface area contributed by atoms with Crippen molar-refractivity contribution in [3.05, 3.63) is 35.4 Å². The summed E-state index contributed by atoms with van der Waals surface area (Å²) >= 11 is 6.41. The molecule has 0 aliphatic heterocycles. The summed E-state index contributed by atoms with van der Waals surface area (Å²) in [5, 5.41) is 0. The van der Waals surface area contributed by atoms with Gasteiger partial charge in [-0.05, 0) is 50.8 Å². The molecule has 0 spiro atoms. The molecule has 1 aromatic carbocycles. The highest BCUT2D eigenvalue weighted by Crippen LogP contribution is 2.32. The van der Waals surface area contributed by atoms with Crippen LogP contribution < -0.4 is 0 Å². The van der Waals surface area contributed by atoms with Gasteiger partial charge in [0, 0.05) is 0 Å². The van der Waals surface area contributed by atoms with Gasteiger partial charge in [-0.1, -0.05) is 32.9 Å². The van der Waals surface area contributed by atoms with Crippen molar-refractivity contribution in [1.29, 1.82) is 0 Å². The van der Waals surface area contributed by atoms with E-state index in [1.807, 2.05) is 53.7 Å². The Morgan fingerprint density at radius 1 is 1.20 bits per heavy atom. The van der Waals surface area contributed by atoms with Crippen LogP contribution in [0.2, 0.25) is 0 Å². The number of rotatable bonds is 5. The van der Waals surface area contributed by atoms with Gasteiger partial charge in [0.1, 0.15) is 5.60 Å². The van der Waals surface area contributed by atoms with Crippen LogP contribution in [0.3, 0.4) is 0 Å². The Morgan fingerprint density at radius 2 is 1.70 bits per heavy atom. The average Bonchev–Trinajstić information content (AvgIpc) is 2.38. The van der Waals surface area contributed by atoms with E-state index in [1.165, 1.54) is 0 Å². The summed E-state index contributed by atoms with van der Waals surface area (Å²) in [6.45, 7) is 11.9. The molecule has 20 heavy (non-hydrogen) atoms.